The number of rotatable bonds is 6. The van der Waals surface area contributed by atoms with Crippen LogP contribution >= 0.6 is 0 Å². The van der Waals surface area contributed by atoms with E-state index >= 15 is 0 Å². The van der Waals surface area contributed by atoms with Gasteiger partial charge < -0.3 is 14.4 Å². The molecule has 3 heterocycles. The van der Waals surface area contributed by atoms with Crippen molar-refractivity contribution in [2.45, 2.75) is 45.6 Å². The minimum Gasteiger partial charge on any atom is -0.491 e. The second-order valence-corrected chi connectivity index (χ2v) is 8.45. The van der Waals surface area contributed by atoms with Gasteiger partial charge in [0.15, 0.2) is 6.23 Å². The summed E-state index contributed by atoms with van der Waals surface area (Å²) >= 11 is 0. The van der Waals surface area contributed by atoms with Crippen molar-refractivity contribution in [3.05, 3.63) is 83.2 Å². The van der Waals surface area contributed by atoms with Gasteiger partial charge in [-0.15, -0.1) is 0 Å². The number of nitrogens with zero attached hydrogens (tertiary/aromatic N) is 2. The van der Waals surface area contributed by atoms with Gasteiger partial charge in [-0.1, -0.05) is 30.3 Å². The van der Waals surface area contributed by atoms with Crippen molar-refractivity contribution in [3.8, 4) is 16.9 Å². The third-order valence-corrected chi connectivity index (χ3v) is 5.86. The summed E-state index contributed by atoms with van der Waals surface area (Å²) < 4.78 is 11.6. The lowest BCUT2D eigenvalue weighted by atomic mass is 9.98. The molecule has 2 unspecified atom stereocenters. The summed E-state index contributed by atoms with van der Waals surface area (Å²) in [4.78, 5) is 19.4. The third kappa shape index (κ3) is 3.81. The summed E-state index contributed by atoms with van der Waals surface area (Å²) in [5.74, 6) is 0.916. The molecule has 1 saturated heterocycles. The largest absolute Gasteiger partial charge is 0.491 e. The maximum Gasteiger partial charge on any atom is 0.256 e. The molecule has 0 aliphatic carbocycles. The highest BCUT2D eigenvalue weighted by Gasteiger charge is 2.52. The highest BCUT2D eigenvalue weighted by atomic mass is 16.6. The van der Waals surface area contributed by atoms with Crippen molar-refractivity contribution in [2.75, 3.05) is 6.54 Å². The van der Waals surface area contributed by atoms with Gasteiger partial charge in [0.05, 0.1) is 6.10 Å². The van der Waals surface area contributed by atoms with E-state index in [9.17, 15) is 4.79 Å². The van der Waals surface area contributed by atoms with Crippen LogP contribution in [-0.2, 0) is 11.2 Å². The number of epoxide rings is 1. The highest BCUT2D eigenvalue weighted by Crippen LogP contribution is 2.46. The molecule has 0 bridgehead atoms. The molecular weight excluding hydrogens is 388 g/mol. The van der Waals surface area contributed by atoms with Crippen LogP contribution in [0.4, 0.5) is 0 Å². The number of benzene rings is 2. The molecule has 158 valence electrons. The van der Waals surface area contributed by atoms with Crippen LogP contribution in [0.5, 0.6) is 5.75 Å². The minimum atomic E-state index is -0.131. The molecule has 5 nitrogen and oxygen atoms in total. The minimum absolute atomic E-state index is 0.0205. The molecule has 2 aliphatic rings. The van der Waals surface area contributed by atoms with E-state index in [1.165, 1.54) is 0 Å². The number of pyridine rings is 1. The Kier molecular flexibility index (Phi) is 4.98. The molecule has 2 atom stereocenters. The Bertz CT molecular complexity index is 1120. The Labute approximate surface area is 182 Å². The Balaban J connectivity index is 1.32. The first-order valence-corrected chi connectivity index (χ1v) is 10.8. The van der Waals surface area contributed by atoms with Gasteiger partial charge in [0.1, 0.15) is 11.9 Å². The fourth-order valence-electron chi connectivity index (χ4n) is 4.25. The molecule has 3 aromatic rings. The van der Waals surface area contributed by atoms with Gasteiger partial charge in [-0.05, 0) is 68.1 Å². The van der Waals surface area contributed by atoms with E-state index in [-0.39, 0.29) is 24.3 Å². The van der Waals surface area contributed by atoms with Gasteiger partial charge in [-0.25, -0.2) is 0 Å². The maximum absolute atomic E-state index is 12.9. The number of aromatic nitrogens is 1. The second kappa shape index (κ2) is 7.82. The number of amides is 1. The van der Waals surface area contributed by atoms with Crippen molar-refractivity contribution in [1.29, 1.82) is 0 Å². The first kappa shape index (κ1) is 19.8. The first-order chi connectivity index (χ1) is 15.0. The van der Waals surface area contributed by atoms with E-state index in [0.29, 0.717) is 6.54 Å². The summed E-state index contributed by atoms with van der Waals surface area (Å²) in [5.41, 5.74) is 6.06. The number of ether oxygens (including phenoxy) is 2. The van der Waals surface area contributed by atoms with Crippen molar-refractivity contribution in [3.63, 3.8) is 0 Å². The normalized spacial score (nSPS) is 19.2. The molecule has 1 amide bonds. The molecular formula is C26H26N2O3. The fraction of sp³-hybridized carbons (Fsp3) is 0.308. The molecule has 2 aromatic carbocycles. The van der Waals surface area contributed by atoms with Gasteiger partial charge in [0.2, 0.25) is 0 Å². The van der Waals surface area contributed by atoms with Gasteiger partial charge in [-0.3, -0.25) is 9.78 Å². The average Bonchev–Trinajstić information content (AvgIpc) is 3.56. The molecule has 0 radical (unpaired) electrons. The topological polar surface area (TPSA) is 55.0 Å². The Morgan fingerprint density at radius 3 is 2.65 bits per heavy atom. The highest BCUT2D eigenvalue weighted by molar-refractivity contribution is 5.97. The van der Waals surface area contributed by atoms with Crippen molar-refractivity contribution in [2.24, 2.45) is 0 Å². The average molecular weight is 415 g/mol. The zero-order chi connectivity index (χ0) is 21.5. The molecule has 2 aliphatic heterocycles. The molecule has 5 heteroatoms. The Morgan fingerprint density at radius 1 is 1.10 bits per heavy atom. The quantitative estimate of drug-likeness (QED) is 0.536. The first-order valence-electron chi connectivity index (χ1n) is 10.8. The summed E-state index contributed by atoms with van der Waals surface area (Å²) in [6.45, 7) is 6.67. The molecule has 5 rings (SSSR count). The number of aryl methyl sites for hydroxylation is 1. The zero-order valence-corrected chi connectivity index (χ0v) is 18.0. The number of hydrogen-bond acceptors (Lipinski definition) is 4. The van der Waals surface area contributed by atoms with E-state index < -0.39 is 0 Å². The van der Waals surface area contributed by atoms with Crippen LogP contribution in [-0.4, -0.2) is 34.7 Å². The lowest BCUT2D eigenvalue weighted by Gasteiger charge is -2.25. The standard InChI is InChI=1S/C26H26N2O3/c1-16(2)30-20-10-8-19(9-11-20)23-14-18(15-27-17(23)3)12-13-28-25(29)22-7-5-4-6-21(22)24-26(28)31-24/h4-11,14-16,24,26H,12-13H2,1-3H3. The zero-order valence-electron chi connectivity index (χ0n) is 18.0. The van der Waals surface area contributed by atoms with Crippen LogP contribution in [0.3, 0.4) is 0 Å². The Hall–Kier alpha value is -3.18. The second-order valence-electron chi connectivity index (χ2n) is 8.45. The number of carbonyl (C=O) groups is 1. The lowest BCUT2D eigenvalue weighted by Crippen LogP contribution is -2.39. The molecule has 0 saturated carbocycles. The van der Waals surface area contributed by atoms with Crippen molar-refractivity contribution in [1.82, 2.24) is 9.88 Å². The lowest BCUT2D eigenvalue weighted by molar-refractivity contribution is 0.0669. The third-order valence-electron chi connectivity index (χ3n) is 5.86. The van der Waals surface area contributed by atoms with E-state index in [4.69, 9.17) is 9.47 Å². The van der Waals surface area contributed by atoms with Crippen LogP contribution in [0.25, 0.3) is 11.1 Å². The molecule has 1 aromatic heterocycles. The van der Waals surface area contributed by atoms with Gasteiger partial charge in [0, 0.05) is 29.6 Å². The number of fused-ring (bicyclic) bond motifs is 3. The monoisotopic (exact) mass is 414 g/mol. The van der Waals surface area contributed by atoms with E-state index in [1.54, 1.807) is 0 Å². The Morgan fingerprint density at radius 2 is 1.87 bits per heavy atom. The van der Waals surface area contributed by atoms with Crippen LogP contribution in [0, 0.1) is 6.92 Å². The van der Waals surface area contributed by atoms with E-state index in [0.717, 1.165) is 45.7 Å². The van der Waals surface area contributed by atoms with Gasteiger partial charge in [0.25, 0.3) is 5.91 Å². The number of carbonyl (C=O) groups excluding carboxylic acids is 1. The summed E-state index contributed by atoms with van der Waals surface area (Å²) in [5, 5.41) is 0. The maximum atomic E-state index is 12.9. The van der Waals surface area contributed by atoms with Crippen molar-refractivity contribution < 1.29 is 14.3 Å². The molecule has 0 spiro atoms. The molecule has 1 fully saturated rings. The number of hydrogen-bond donors (Lipinski definition) is 0. The van der Waals surface area contributed by atoms with Gasteiger partial charge in [-0.2, -0.15) is 0 Å². The van der Waals surface area contributed by atoms with E-state index in [1.807, 2.05) is 68.3 Å². The summed E-state index contributed by atoms with van der Waals surface area (Å²) in [7, 11) is 0. The predicted octanol–water partition coefficient (Wildman–Crippen LogP) is 4.94. The smallest absolute Gasteiger partial charge is 0.256 e. The van der Waals surface area contributed by atoms with Crippen LogP contribution in [0.1, 0.15) is 47.1 Å². The molecule has 31 heavy (non-hydrogen) atoms. The SMILES string of the molecule is Cc1ncc(CCN2C(=O)c3ccccc3C3OC32)cc1-c1ccc(OC(C)C)cc1. The summed E-state index contributed by atoms with van der Waals surface area (Å²) in [6.07, 6.45) is 2.68. The predicted molar refractivity (Wildman–Crippen MR) is 119 cm³/mol. The molecule has 0 N–H and O–H groups in total. The van der Waals surface area contributed by atoms with Crippen LogP contribution in [0.15, 0.2) is 60.8 Å². The fourth-order valence-corrected chi connectivity index (χ4v) is 4.25. The van der Waals surface area contributed by atoms with Gasteiger partial charge >= 0.3 is 0 Å². The van der Waals surface area contributed by atoms with E-state index in [2.05, 4.69) is 23.2 Å². The van der Waals surface area contributed by atoms with Crippen LogP contribution in [0.2, 0.25) is 0 Å². The summed E-state index contributed by atoms with van der Waals surface area (Å²) in [6, 6.07) is 18.1. The van der Waals surface area contributed by atoms with Crippen LogP contribution < -0.4 is 4.74 Å². The van der Waals surface area contributed by atoms with Crippen molar-refractivity contribution >= 4 is 5.91 Å².